The van der Waals surface area contributed by atoms with Gasteiger partial charge in [0.05, 0.1) is 31.1 Å². The number of carbonyl (C=O) groups is 1. The average molecular weight is 283 g/mol. The SMILES string of the molecule is Cc1cc(C)nc(SCC(=O)N[C@H]2COC[C@@H]2O)n1. The number of ether oxygens (including phenoxy) is 1. The van der Waals surface area contributed by atoms with Gasteiger partial charge in [0.1, 0.15) is 0 Å². The Morgan fingerprint density at radius 2 is 2.16 bits per heavy atom. The summed E-state index contributed by atoms with van der Waals surface area (Å²) in [5.41, 5.74) is 1.77. The van der Waals surface area contributed by atoms with E-state index in [0.29, 0.717) is 11.8 Å². The fourth-order valence-electron chi connectivity index (χ4n) is 1.82. The molecule has 1 fully saturated rings. The number of hydrogen-bond acceptors (Lipinski definition) is 6. The number of aliphatic hydroxyl groups excluding tert-OH is 1. The highest BCUT2D eigenvalue weighted by Gasteiger charge is 2.27. The zero-order valence-electron chi connectivity index (χ0n) is 10.9. The third-order valence-corrected chi connectivity index (χ3v) is 3.54. The van der Waals surface area contributed by atoms with Gasteiger partial charge in [-0.05, 0) is 19.9 Å². The van der Waals surface area contributed by atoms with Gasteiger partial charge in [0.2, 0.25) is 5.91 Å². The molecule has 2 heterocycles. The summed E-state index contributed by atoms with van der Waals surface area (Å²) in [6, 6.07) is 1.57. The van der Waals surface area contributed by atoms with Crippen molar-refractivity contribution in [3.8, 4) is 0 Å². The monoisotopic (exact) mass is 283 g/mol. The number of aromatic nitrogens is 2. The first kappa shape index (κ1) is 14.2. The molecule has 0 spiro atoms. The Labute approximate surface area is 116 Å². The quantitative estimate of drug-likeness (QED) is 0.600. The van der Waals surface area contributed by atoms with Gasteiger partial charge in [0, 0.05) is 11.4 Å². The Morgan fingerprint density at radius 3 is 2.74 bits per heavy atom. The highest BCUT2D eigenvalue weighted by Crippen LogP contribution is 2.14. The summed E-state index contributed by atoms with van der Waals surface area (Å²) in [6.07, 6.45) is -0.619. The number of amides is 1. The normalized spacial score (nSPS) is 22.5. The molecule has 1 aliphatic heterocycles. The molecule has 0 bridgehead atoms. The van der Waals surface area contributed by atoms with Crippen molar-refractivity contribution < 1.29 is 14.6 Å². The lowest BCUT2D eigenvalue weighted by Gasteiger charge is -2.14. The van der Waals surface area contributed by atoms with Crippen LogP contribution in [-0.2, 0) is 9.53 Å². The largest absolute Gasteiger partial charge is 0.388 e. The highest BCUT2D eigenvalue weighted by atomic mass is 32.2. The molecular formula is C12H17N3O3S. The van der Waals surface area contributed by atoms with Gasteiger partial charge in [-0.25, -0.2) is 9.97 Å². The maximum atomic E-state index is 11.7. The van der Waals surface area contributed by atoms with Gasteiger partial charge in [-0.2, -0.15) is 0 Å². The molecule has 6 nitrogen and oxygen atoms in total. The second kappa shape index (κ2) is 6.31. The van der Waals surface area contributed by atoms with E-state index in [0.717, 1.165) is 11.4 Å². The Hall–Kier alpha value is -1.18. The molecule has 0 aliphatic carbocycles. The Kier molecular flexibility index (Phi) is 4.73. The molecule has 0 unspecified atom stereocenters. The maximum absolute atomic E-state index is 11.7. The van der Waals surface area contributed by atoms with Crippen molar-refractivity contribution in [1.29, 1.82) is 0 Å². The van der Waals surface area contributed by atoms with Crippen molar-refractivity contribution in [3.05, 3.63) is 17.5 Å². The molecule has 7 heteroatoms. The maximum Gasteiger partial charge on any atom is 0.230 e. The second-order valence-electron chi connectivity index (χ2n) is 4.50. The van der Waals surface area contributed by atoms with Crippen LogP contribution in [0.5, 0.6) is 0 Å². The van der Waals surface area contributed by atoms with Crippen LogP contribution in [0.3, 0.4) is 0 Å². The predicted octanol–water partition coefficient (Wildman–Crippen LogP) is 0.0614. The minimum atomic E-state index is -0.619. The van der Waals surface area contributed by atoms with Gasteiger partial charge in [0.15, 0.2) is 5.16 Å². The molecule has 2 atom stereocenters. The van der Waals surface area contributed by atoms with Gasteiger partial charge >= 0.3 is 0 Å². The molecule has 19 heavy (non-hydrogen) atoms. The van der Waals surface area contributed by atoms with Crippen LogP contribution in [0.25, 0.3) is 0 Å². The van der Waals surface area contributed by atoms with Crippen LogP contribution in [-0.4, -0.2) is 52.1 Å². The molecule has 1 aromatic rings. The fourth-order valence-corrected chi connectivity index (χ4v) is 2.58. The summed E-state index contributed by atoms with van der Waals surface area (Å²) in [5, 5.41) is 12.9. The molecule has 1 aliphatic rings. The van der Waals surface area contributed by atoms with Crippen molar-refractivity contribution in [2.45, 2.75) is 31.1 Å². The van der Waals surface area contributed by atoms with Crippen molar-refractivity contribution in [1.82, 2.24) is 15.3 Å². The summed E-state index contributed by atoms with van der Waals surface area (Å²) in [4.78, 5) is 20.2. The molecule has 0 saturated carbocycles. The van der Waals surface area contributed by atoms with Gasteiger partial charge in [0.25, 0.3) is 0 Å². The van der Waals surface area contributed by atoms with Gasteiger partial charge in [-0.15, -0.1) is 0 Å². The van der Waals surface area contributed by atoms with E-state index >= 15 is 0 Å². The molecule has 1 amide bonds. The number of thioether (sulfide) groups is 1. The first-order valence-electron chi connectivity index (χ1n) is 6.05. The molecule has 2 rings (SSSR count). The second-order valence-corrected chi connectivity index (χ2v) is 5.44. The zero-order valence-corrected chi connectivity index (χ0v) is 11.7. The lowest BCUT2D eigenvalue weighted by molar-refractivity contribution is -0.119. The predicted molar refractivity (Wildman–Crippen MR) is 71.0 cm³/mol. The van der Waals surface area contributed by atoms with E-state index in [2.05, 4.69) is 15.3 Å². The molecule has 1 aromatic heterocycles. The number of nitrogens with zero attached hydrogens (tertiary/aromatic N) is 2. The van der Waals surface area contributed by atoms with Crippen molar-refractivity contribution in [2.75, 3.05) is 19.0 Å². The van der Waals surface area contributed by atoms with Crippen LogP contribution in [0, 0.1) is 13.8 Å². The first-order valence-corrected chi connectivity index (χ1v) is 7.03. The van der Waals surface area contributed by atoms with Crippen LogP contribution in [0.2, 0.25) is 0 Å². The summed E-state index contributed by atoms with van der Waals surface area (Å²) in [6.45, 7) is 4.42. The van der Waals surface area contributed by atoms with Gasteiger partial charge in [-0.1, -0.05) is 11.8 Å². The van der Waals surface area contributed by atoms with Crippen LogP contribution in [0.15, 0.2) is 11.2 Å². The van der Waals surface area contributed by atoms with E-state index in [1.165, 1.54) is 11.8 Å². The van der Waals surface area contributed by atoms with E-state index in [9.17, 15) is 9.90 Å². The number of nitrogens with one attached hydrogen (secondary N) is 1. The smallest absolute Gasteiger partial charge is 0.230 e. The van der Waals surface area contributed by atoms with Gasteiger partial charge in [-0.3, -0.25) is 4.79 Å². The molecular weight excluding hydrogens is 266 g/mol. The summed E-state index contributed by atoms with van der Waals surface area (Å²) >= 11 is 1.28. The molecule has 1 saturated heterocycles. The molecule has 2 N–H and O–H groups in total. The van der Waals surface area contributed by atoms with Crippen molar-refractivity contribution >= 4 is 17.7 Å². The molecule has 104 valence electrons. The average Bonchev–Trinajstić information content (AvgIpc) is 2.71. The summed E-state index contributed by atoms with van der Waals surface area (Å²) < 4.78 is 5.07. The van der Waals surface area contributed by atoms with E-state index in [-0.39, 0.29) is 24.3 Å². The van der Waals surface area contributed by atoms with E-state index < -0.39 is 6.10 Å². The lowest BCUT2D eigenvalue weighted by Crippen LogP contribution is -2.43. The third kappa shape index (κ3) is 4.15. The number of aryl methyl sites for hydroxylation is 2. The Morgan fingerprint density at radius 1 is 1.47 bits per heavy atom. The summed E-state index contributed by atoms with van der Waals surface area (Å²) in [5.74, 6) is 0.0776. The number of carbonyl (C=O) groups excluding carboxylic acids is 1. The fraction of sp³-hybridized carbons (Fsp3) is 0.583. The zero-order chi connectivity index (χ0) is 13.8. The third-order valence-electron chi connectivity index (χ3n) is 2.69. The molecule has 0 radical (unpaired) electrons. The molecule has 0 aromatic carbocycles. The number of rotatable bonds is 4. The van der Waals surface area contributed by atoms with E-state index in [1.54, 1.807) is 0 Å². The summed E-state index contributed by atoms with van der Waals surface area (Å²) in [7, 11) is 0. The Bertz CT molecular complexity index is 449. The van der Waals surface area contributed by atoms with E-state index in [1.807, 2.05) is 19.9 Å². The lowest BCUT2D eigenvalue weighted by atomic mass is 10.2. The van der Waals surface area contributed by atoms with Crippen LogP contribution < -0.4 is 5.32 Å². The minimum absolute atomic E-state index is 0.151. The van der Waals surface area contributed by atoms with E-state index in [4.69, 9.17) is 4.74 Å². The highest BCUT2D eigenvalue weighted by molar-refractivity contribution is 7.99. The van der Waals surface area contributed by atoms with Crippen molar-refractivity contribution in [3.63, 3.8) is 0 Å². The first-order chi connectivity index (χ1) is 9.04. The number of aliphatic hydroxyl groups is 1. The van der Waals surface area contributed by atoms with Crippen LogP contribution in [0.1, 0.15) is 11.4 Å². The minimum Gasteiger partial charge on any atom is -0.388 e. The van der Waals surface area contributed by atoms with Crippen LogP contribution in [0.4, 0.5) is 0 Å². The Balaban J connectivity index is 1.83. The van der Waals surface area contributed by atoms with Crippen molar-refractivity contribution in [2.24, 2.45) is 0 Å². The number of hydrogen-bond donors (Lipinski definition) is 2. The van der Waals surface area contributed by atoms with Crippen LogP contribution >= 0.6 is 11.8 Å². The topological polar surface area (TPSA) is 84.3 Å². The standard InChI is InChI=1S/C12H17N3O3S/c1-7-3-8(2)14-12(13-7)19-6-11(17)15-9-4-18-5-10(9)16/h3,9-10,16H,4-6H2,1-2H3,(H,15,17)/t9-,10-/m0/s1. The van der Waals surface area contributed by atoms with Gasteiger partial charge < -0.3 is 15.2 Å².